The Kier molecular flexibility index (Phi) is 9.57. The minimum absolute atomic E-state index is 1.08. The van der Waals surface area contributed by atoms with Gasteiger partial charge in [-0.2, -0.15) is 0 Å². The van der Waals surface area contributed by atoms with Gasteiger partial charge in [0.05, 0.1) is 11.0 Å². The number of hydrogen-bond donors (Lipinski definition) is 0. The number of para-hydroxylation sites is 2. The second-order valence-corrected chi connectivity index (χ2v) is 15.8. The Hall–Kier alpha value is -8.20. The largest absolute Gasteiger partial charge is 0.310 e. The normalized spacial score (nSPS) is 11.2. The summed E-state index contributed by atoms with van der Waals surface area (Å²) in [6.45, 7) is 0. The Morgan fingerprint density at radius 3 is 1.03 bits per heavy atom. The molecule has 0 spiro atoms. The van der Waals surface area contributed by atoms with Gasteiger partial charge in [-0.3, -0.25) is 0 Å². The van der Waals surface area contributed by atoms with Gasteiger partial charge in [-0.15, -0.1) is 0 Å². The molecule has 0 amide bonds. The third-order valence-corrected chi connectivity index (χ3v) is 12.0. The Balaban J connectivity index is 0.971. The zero-order valence-electron chi connectivity index (χ0n) is 34.1. The molecule has 0 fully saturated rings. The lowest BCUT2D eigenvalue weighted by Crippen LogP contribution is -2.10. The van der Waals surface area contributed by atoms with Crippen molar-refractivity contribution in [1.82, 2.24) is 4.57 Å². The number of rotatable bonds is 9. The number of fused-ring (bicyclic) bond motifs is 3. The van der Waals surface area contributed by atoms with Crippen molar-refractivity contribution in [3.05, 3.63) is 255 Å². The fourth-order valence-electron chi connectivity index (χ4n) is 8.92. The quantitative estimate of drug-likeness (QED) is 0.141. The van der Waals surface area contributed by atoms with E-state index in [1.807, 2.05) is 0 Å². The highest BCUT2D eigenvalue weighted by Crippen LogP contribution is 2.40. The van der Waals surface area contributed by atoms with E-state index in [0.29, 0.717) is 0 Å². The summed E-state index contributed by atoms with van der Waals surface area (Å²) in [6.07, 6.45) is 0. The van der Waals surface area contributed by atoms with E-state index in [1.165, 1.54) is 66.3 Å². The Bertz CT molecular complexity index is 3150. The van der Waals surface area contributed by atoms with Gasteiger partial charge < -0.3 is 9.47 Å². The molecule has 62 heavy (non-hydrogen) atoms. The van der Waals surface area contributed by atoms with Crippen molar-refractivity contribution in [2.24, 2.45) is 0 Å². The summed E-state index contributed by atoms with van der Waals surface area (Å²) >= 11 is 0. The van der Waals surface area contributed by atoms with Crippen LogP contribution >= 0.6 is 0 Å². The third-order valence-electron chi connectivity index (χ3n) is 12.0. The first-order valence-corrected chi connectivity index (χ1v) is 21.2. The molecule has 0 radical (unpaired) electrons. The molecule has 0 atom stereocenters. The SMILES string of the molecule is c1ccc(-c2cccc(-c3cccc(N(c4ccc(-c5ccc(-n6c7ccccc7c7ccccc76)cc5)cc4)c4cccc(-c5cccc(-c6ccccc6)c5)c4)c3)c2)cc1. The molecule has 0 aliphatic carbocycles. The highest BCUT2D eigenvalue weighted by molar-refractivity contribution is 6.09. The summed E-state index contributed by atoms with van der Waals surface area (Å²) in [4.78, 5) is 2.38. The zero-order chi connectivity index (χ0) is 41.2. The van der Waals surface area contributed by atoms with Crippen LogP contribution in [-0.4, -0.2) is 4.57 Å². The molecule has 0 saturated carbocycles. The van der Waals surface area contributed by atoms with E-state index < -0.39 is 0 Å². The van der Waals surface area contributed by atoms with Gasteiger partial charge in [0, 0.05) is 33.5 Å². The van der Waals surface area contributed by atoms with Crippen LogP contribution in [0.5, 0.6) is 0 Å². The maximum atomic E-state index is 2.38. The van der Waals surface area contributed by atoms with Crippen LogP contribution in [0.15, 0.2) is 255 Å². The first-order chi connectivity index (χ1) is 30.7. The molecule has 0 saturated heterocycles. The molecule has 11 aromatic rings. The van der Waals surface area contributed by atoms with Crippen LogP contribution in [-0.2, 0) is 0 Å². The van der Waals surface area contributed by atoms with E-state index in [9.17, 15) is 0 Å². The second-order valence-electron chi connectivity index (χ2n) is 15.8. The molecule has 11 rings (SSSR count). The van der Waals surface area contributed by atoms with Gasteiger partial charge in [0.2, 0.25) is 0 Å². The molecule has 10 aromatic carbocycles. The van der Waals surface area contributed by atoms with Crippen LogP contribution < -0.4 is 4.90 Å². The molecule has 0 N–H and O–H groups in total. The highest BCUT2D eigenvalue weighted by Gasteiger charge is 2.16. The molecule has 0 unspecified atom stereocenters. The smallest absolute Gasteiger partial charge is 0.0541 e. The van der Waals surface area contributed by atoms with Gasteiger partial charge in [0.25, 0.3) is 0 Å². The molecule has 292 valence electrons. The molecule has 0 aliphatic heterocycles. The molecular formula is C60H42N2. The highest BCUT2D eigenvalue weighted by atomic mass is 15.1. The van der Waals surface area contributed by atoms with Crippen molar-refractivity contribution < 1.29 is 0 Å². The molecule has 2 nitrogen and oxygen atoms in total. The maximum absolute atomic E-state index is 2.38. The average molecular weight is 791 g/mol. The third kappa shape index (κ3) is 7.04. The fourth-order valence-corrected chi connectivity index (χ4v) is 8.92. The summed E-state index contributed by atoms with van der Waals surface area (Å²) in [5, 5.41) is 2.54. The van der Waals surface area contributed by atoms with Crippen LogP contribution in [0.2, 0.25) is 0 Å². The molecule has 2 heteroatoms. The predicted octanol–water partition coefficient (Wildman–Crippen LogP) is 16.6. The number of nitrogens with zero attached hydrogens (tertiary/aromatic N) is 2. The minimum Gasteiger partial charge on any atom is -0.310 e. The predicted molar refractivity (Wildman–Crippen MR) is 263 cm³/mol. The van der Waals surface area contributed by atoms with Crippen LogP contribution in [0.3, 0.4) is 0 Å². The number of hydrogen-bond acceptors (Lipinski definition) is 1. The minimum atomic E-state index is 1.08. The van der Waals surface area contributed by atoms with Crippen LogP contribution in [0.1, 0.15) is 0 Å². The molecule has 0 bridgehead atoms. The average Bonchev–Trinajstić information content (AvgIpc) is 3.70. The van der Waals surface area contributed by atoms with Gasteiger partial charge in [0.15, 0.2) is 0 Å². The van der Waals surface area contributed by atoms with Crippen molar-refractivity contribution in [3.8, 4) is 61.3 Å². The van der Waals surface area contributed by atoms with Crippen molar-refractivity contribution in [2.45, 2.75) is 0 Å². The van der Waals surface area contributed by atoms with Crippen molar-refractivity contribution in [2.75, 3.05) is 4.90 Å². The molecular weight excluding hydrogens is 749 g/mol. The van der Waals surface area contributed by atoms with Crippen molar-refractivity contribution in [3.63, 3.8) is 0 Å². The first-order valence-electron chi connectivity index (χ1n) is 21.2. The lowest BCUT2D eigenvalue weighted by atomic mass is 9.97. The standard InChI is InChI=1S/C60H42N2/c1-3-15-43(16-4-1)47-19-11-21-49(39-47)51-23-13-25-55(41-51)61(56-26-14-24-52(42-56)50-22-12-20-48(40-50)44-17-5-2-6-18-44)53-35-31-45(32-36-53)46-33-37-54(38-34-46)62-59-29-9-7-27-57(59)58-28-8-10-30-60(58)62/h1-42H. The molecule has 1 heterocycles. The second kappa shape index (κ2) is 16.1. The summed E-state index contributed by atoms with van der Waals surface area (Å²) < 4.78 is 2.37. The first kappa shape index (κ1) is 36.8. The van der Waals surface area contributed by atoms with Crippen molar-refractivity contribution >= 4 is 38.9 Å². The Morgan fingerprint density at radius 1 is 0.226 bits per heavy atom. The van der Waals surface area contributed by atoms with E-state index in [4.69, 9.17) is 0 Å². The molecule has 0 aliphatic rings. The lowest BCUT2D eigenvalue weighted by molar-refractivity contribution is 1.18. The van der Waals surface area contributed by atoms with E-state index in [1.54, 1.807) is 0 Å². The van der Waals surface area contributed by atoms with Gasteiger partial charge in [-0.25, -0.2) is 0 Å². The number of benzene rings is 10. The maximum Gasteiger partial charge on any atom is 0.0541 e. The summed E-state index contributed by atoms with van der Waals surface area (Å²) in [6, 6.07) is 92.0. The van der Waals surface area contributed by atoms with Crippen LogP contribution in [0, 0.1) is 0 Å². The monoisotopic (exact) mass is 790 g/mol. The van der Waals surface area contributed by atoms with E-state index >= 15 is 0 Å². The van der Waals surface area contributed by atoms with Gasteiger partial charge >= 0.3 is 0 Å². The van der Waals surface area contributed by atoms with E-state index in [2.05, 4.69) is 264 Å². The number of aromatic nitrogens is 1. The van der Waals surface area contributed by atoms with Gasteiger partial charge in [0.1, 0.15) is 0 Å². The van der Waals surface area contributed by atoms with Crippen LogP contribution in [0.25, 0.3) is 83.1 Å². The Labute approximate surface area is 362 Å². The fraction of sp³-hybridized carbons (Fsp3) is 0. The lowest BCUT2D eigenvalue weighted by Gasteiger charge is -2.27. The van der Waals surface area contributed by atoms with Gasteiger partial charge in [-0.05, 0) is 128 Å². The zero-order valence-corrected chi connectivity index (χ0v) is 34.1. The van der Waals surface area contributed by atoms with E-state index in [-0.39, 0.29) is 0 Å². The molecule has 1 aromatic heterocycles. The number of anilines is 3. The van der Waals surface area contributed by atoms with Gasteiger partial charge in [-0.1, -0.05) is 182 Å². The van der Waals surface area contributed by atoms with Crippen LogP contribution in [0.4, 0.5) is 17.1 Å². The van der Waals surface area contributed by atoms with E-state index in [0.717, 1.165) is 33.9 Å². The van der Waals surface area contributed by atoms with Crippen molar-refractivity contribution in [1.29, 1.82) is 0 Å². The summed E-state index contributed by atoms with van der Waals surface area (Å²) in [5.41, 5.74) is 18.7. The Morgan fingerprint density at radius 2 is 0.565 bits per heavy atom. The summed E-state index contributed by atoms with van der Waals surface area (Å²) in [7, 11) is 0. The topological polar surface area (TPSA) is 8.17 Å². The summed E-state index contributed by atoms with van der Waals surface area (Å²) in [5.74, 6) is 0.